The number of halogens is 1. The van der Waals surface area contributed by atoms with E-state index in [1.165, 1.54) is 0 Å². The van der Waals surface area contributed by atoms with E-state index in [2.05, 4.69) is 4.74 Å². The van der Waals surface area contributed by atoms with E-state index in [4.69, 9.17) is 0 Å². The number of methoxy groups -OCH3 is 1. The second-order valence-corrected chi connectivity index (χ2v) is 2.89. The lowest BCUT2D eigenvalue weighted by molar-refractivity contribution is -0.137. The molecule has 3 heteroatoms. The molecular formula is C11H11FO2. The molecular weight excluding hydrogens is 183 g/mol. The first-order valence-corrected chi connectivity index (χ1v) is 4.15. The highest BCUT2D eigenvalue weighted by Crippen LogP contribution is 2.10. The summed E-state index contributed by atoms with van der Waals surface area (Å²) in [6.45, 7) is 1.93. The Balaban J connectivity index is 2.86. The third-order valence-corrected chi connectivity index (χ3v) is 1.75. The second kappa shape index (κ2) is 4.56. The number of rotatable bonds is 2. The lowest BCUT2D eigenvalue weighted by atomic mass is 10.1. The summed E-state index contributed by atoms with van der Waals surface area (Å²) in [5.74, 6) is -1.85. The minimum Gasteiger partial charge on any atom is -0.464 e. The summed E-state index contributed by atoms with van der Waals surface area (Å²) < 4.78 is 17.2. The molecule has 0 amide bonds. The molecule has 0 fully saturated rings. The highest BCUT2D eigenvalue weighted by atomic mass is 19.1. The Morgan fingerprint density at radius 3 is 2.43 bits per heavy atom. The minimum atomic E-state index is -0.953. The Kier molecular flexibility index (Phi) is 3.40. The van der Waals surface area contributed by atoms with Gasteiger partial charge in [0.15, 0.2) is 0 Å². The minimum absolute atomic E-state index is 0.638. The van der Waals surface area contributed by atoms with E-state index in [1.807, 2.05) is 19.1 Å². The van der Waals surface area contributed by atoms with Gasteiger partial charge in [0, 0.05) is 0 Å². The standard InChI is InChI=1S/C11H11FO2/c1-8-3-5-9(6-4-8)7-10(12)11(13)14-2/h3-7H,1-2H3. The molecule has 0 bridgehead atoms. The summed E-state index contributed by atoms with van der Waals surface area (Å²) in [5.41, 5.74) is 1.72. The van der Waals surface area contributed by atoms with Crippen molar-refractivity contribution in [2.24, 2.45) is 0 Å². The van der Waals surface area contributed by atoms with Crippen LogP contribution in [0, 0.1) is 6.92 Å². The molecule has 0 unspecified atom stereocenters. The molecule has 0 aromatic heterocycles. The van der Waals surface area contributed by atoms with Gasteiger partial charge in [0.1, 0.15) is 0 Å². The van der Waals surface area contributed by atoms with Crippen molar-refractivity contribution in [2.75, 3.05) is 7.11 Å². The normalized spacial score (nSPS) is 11.2. The van der Waals surface area contributed by atoms with Crippen LogP contribution in [0.15, 0.2) is 30.1 Å². The van der Waals surface area contributed by atoms with Crippen molar-refractivity contribution in [3.8, 4) is 0 Å². The molecule has 1 aromatic rings. The molecule has 0 saturated carbocycles. The maximum Gasteiger partial charge on any atom is 0.366 e. The van der Waals surface area contributed by atoms with Crippen LogP contribution in [0.1, 0.15) is 11.1 Å². The molecule has 0 heterocycles. The third kappa shape index (κ3) is 2.69. The molecule has 1 aromatic carbocycles. The van der Waals surface area contributed by atoms with Gasteiger partial charge < -0.3 is 4.74 Å². The van der Waals surface area contributed by atoms with Crippen LogP contribution in [0.4, 0.5) is 4.39 Å². The fraction of sp³-hybridized carbons (Fsp3) is 0.182. The smallest absolute Gasteiger partial charge is 0.366 e. The number of benzene rings is 1. The van der Waals surface area contributed by atoms with Gasteiger partial charge in [-0.3, -0.25) is 0 Å². The summed E-state index contributed by atoms with van der Waals surface area (Å²) in [6.07, 6.45) is 1.14. The molecule has 0 N–H and O–H groups in total. The van der Waals surface area contributed by atoms with E-state index in [1.54, 1.807) is 12.1 Å². The summed E-state index contributed by atoms with van der Waals surface area (Å²) in [6, 6.07) is 7.16. The summed E-state index contributed by atoms with van der Waals surface area (Å²) in [5, 5.41) is 0. The Bertz CT molecular complexity index is 352. The summed E-state index contributed by atoms with van der Waals surface area (Å²) >= 11 is 0. The predicted molar refractivity (Wildman–Crippen MR) is 52.3 cm³/mol. The second-order valence-electron chi connectivity index (χ2n) is 2.89. The van der Waals surface area contributed by atoms with Crippen molar-refractivity contribution in [3.05, 3.63) is 41.2 Å². The zero-order valence-corrected chi connectivity index (χ0v) is 8.08. The van der Waals surface area contributed by atoms with Gasteiger partial charge in [0.25, 0.3) is 0 Å². The molecule has 0 aliphatic rings. The molecule has 0 saturated heterocycles. The van der Waals surface area contributed by atoms with Gasteiger partial charge in [0.2, 0.25) is 5.83 Å². The van der Waals surface area contributed by atoms with Crippen molar-refractivity contribution in [3.63, 3.8) is 0 Å². The zero-order valence-electron chi connectivity index (χ0n) is 8.08. The molecule has 0 radical (unpaired) electrons. The molecule has 0 atom stereocenters. The van der Waals surface area contributed by atoms with E-state index >= 15 is 0 Å². The number of aryl methyl sites for hydroxylation is 1. The largest absolute Gasteiger partial charge is 0.464 e. The van der Waals surface area contributed by atoms with Gasteiger partial charge in [-0.05, 0) is 18.6 Å². The highest BCUT2D eigenvalue weighted by Gasteiger charge is 2.07. The molecule has 0 aliphatic carbocycles. The first-order valence-electron chi connectivity index (χ1n) is 4.15. The number of carbonyl (C=O) groups is 1. The summed E-state index contributed by atoms with van der Waals surface area (Å²) in [7, 11) is 1.14. The molecule has 14 heavy (non-hydrogen) atoms. The van der Waals surface area contributed by atoms with Gasteiger partial charge in [-0.2, -0.15) is 4.39 Å². The number of hydrogen-bond acceptors (Lipinski definition) is 2. The van der Waals surface area contributed by atoms with Crippen LogP contribution in [0.25, 0.3) is 6.08 Å². The first-order chi connectivity index (χ1) is 6.63. The number of ether oxygens (including phenoxy) is 1. The van der Waals surface area contributed by atoms with Crippen LogP contribution in [-0.4, -0.2) is 13.1 Å². The lowest BCUT2D eigenvalue weighted by Gasteiger charge is -1.96. The Morgan fingerprint density at radius 2 is 1.93 bits per heavy atom. The highest BCUT2D eigenvalue weighted by molar-refractivity contribution is 5.91. The van der Waals surface area contributed by atoms with Crippen LogP contribution in [0.5, 0.6) is 0 Å². The van der Waals surface area contributed by atoms with Gasteiger partial charge in [-0.15, -0.1) is 0 Å². The maximum atomic E-state index is 13.0. The van der Waals surface area contributed by atoms with Gasteiger partial charge in [-0.1, -0.05) is 29.8 Å². The predicted octanol–water partition coefficient (Wildman–Crippen LogP) is 2.48. The third-order valence-electron chi connectivity index (χ3n) is 1.75. The van der Waals surface area contributed by atoms with Crippen LogP contribution in [0.3, 0.4) is 0 Å². The Hall–Kier alpha value is -1.64. The van der Waals surface area contributed by atoms with Crippen molar-refractivity contribution >= 4 is 12.0 Å². The van der Waals surface area contributed by atoms with Crippen LogP contribution in [-0.2, 0) is 9.53 Å². The molecule has 0 aliphatic heterocycles. The van der Waals surface area contributed by atoms with Gasteiger partial charge in [-0.25, -0.2) is 4.79 Å². The lowest BCUT2D eigenvalue weighted by Crippen LogP contribution is -1.99. The topological polar surface area (TPSA) is 26.3 Å². The SMILES string of the molecule is COC(=O)C(F)=Cc1ccc(C)cc1. The van der Waals surface area contributed by atoms with Crippen molar-refractivity contribution in [2.45, 2.75) is 6.92 Å². The maximum absolute atomic E-state index is 13.0. The van der Waals surface area contributed by atoms with Crippen molar-refractivity contribution in [1.82, 2.24) is 0 Å². The monoisotopic (exact) mass is 194 g/mol. The Labute approximate surface area is 82.0 Å². The first kappa shape index (κ1) is 10.4. The zero-order chi connectivity index (χ0) is 10.6. The van der Waals surface area contributed by atoms with Crippen LogP contribution < -0.4 is 0 Å². The average molecular weight is 194 g/mol. The quantitative estimate of drug-likeness (QED) is 0.534. The number of carbonyl (C=O) groups excluding carboxylic acids is 1. The van der Waals surface area contributed by atoms with Crippen molar-refractivity contribution < 1.29 is 13.9 Å². The molecule has 0 spiro atoms. The van der Waals surface area contributed by atoms with Crippen LogP contribution in [0.2, 0.25) is 0 Å². The number of esters is 1. The van der Waals surface area contributed by atoms with E-state index < -0.39 is 11.8 Å². The fourth-order valence-electron chi connectivity index (χ4n) is 0.965. The molecule has 74 valence electrons. The fourth-order valence-corrected chi connectivity index (χ4v) is 0.965. The molecule has 2 nitrogen and oxygen atoms in total. The van der Waals surface area contributed by atoms with Gasteiger partial charge >= 0.3 is 5.97 Å². The molecule has 1 rings (SSSR count). The van der Waals surface area contributed by atoms with E-state index in [-0.39, 0.29) is 0 Å². The van der Waals surface area contributed by atoms with Gasteiger partial charge in [0.05, 0.1) is 7.11 Å². The van der Waals surface area contributed by atoms with Crippen LogP contribution >= 0.6 is 0 Å². The van der Waals surface area contributed by atoms with E-state index in [0.29, 0.717) is 5.56 Å². The average Bonchev–Trinajstić information content (AvgIpc) is 2.20. The van der Waals surface area contributed by atoms with E-state index in [0.717, 1.165) is 18.7 Å². The Morgan fingerprint density at radius 1 is 1.36 bits per heavy atom. The van der Waals surface area contributed by atoms with E-state index in [9.17, 15) is 9.18 Å². The van der Waals surface area contributed by atoms with Crippen molar-refractivity contribution in [1.29, 1.82) is 0 Å². The number of hydrogen-bond donors (Lipinski definition) is 0. The summed E-state index contributed by atoms with van der Waals surface area (Å²) in [4.78, 5) is 10.7.